The van der Waals surface area contributed by atoms with E-state index in [1.54, 1.807) is 0 Å². The second-order valence-corrected chi connectivity index (χ2v) is 6.37. The number of hydrogen-bond acceptors (Lipinski definition) is 3. The van der Waals surface area contributed by atoms with Gasteiger partial charge < -0.3 is 15.8 Å². The monoisotopic (exact) mass is 254 g/mol. The summed E-state index contributed by atoms with van der Waals surface area (Å²) in [6.07, 6.45) is 9.79. The van der Waals surface area contributed by atoms with Crippen molar-refractivity contribution < 1.29 is 4.74 Å². The van der Waals surface area contributed by atoms with Crippen molar-refractivity contribution in [2.24, 2.45) is 17.1 Å². The second-order valence-electron chi connectivity index (χ2n) is 6.37. The van der Waals surface area contributed by atoms with Gasteiger partial charge in [-0.2, -0.15) is 0 Å². The maximum absolute atomic E-state index is 6.06. The highest BCUT2D eigenvalue weighted by Gasteiger charge is 2.30. The third-order valence-electron chi connectivity index (χ3n) is 5.04. The zero-order valence-electron chi connectivity index (χ0n) is 11.9. The van der Waals surface area contributed by atoms with Crippen LogP contribution in [0.25, 0.3) is 0 Å². The van der Waals surface area contributed by atoms with E-state index in [2.05, 4.69) is 12.2 Å². The van der Waals surface area contributed by atoms with E-state index in [0.717, 1.165) is 26.2 Å². The van der Waals surface area contributed by atoms with Crippen molar-refractivity contribution in [3.8, 4) is 0 Å². The Labute approximate surface area is 112 Å². The number of nitrogens with two attached hydrogens (primary N) is 1. The van der Waals surface area contributed by atoms with Gasteiger partial charge in [-0.3, -0.25) is 0 Å². The molecule has 0 aromatic heterocycles. The first-order chi connectivity index (χ1) is 8.76. The van der Waals surface area contributed by atoms with Crippen LogP contribution in [0.2, 0.25) is 0 Å². The van der Waals surface area contributed by atoms with Crippen molar-refractivity contribution in [3.05, 3.63) is 0 Å². The molecule has 2 unspecified atom stereocenters. The first-order valence-electron chi connectivity index (χ1n) is 7.78. The molecule has 2 atom stereocenters. The smallest absolute Gasteiger partial charge is 0.0588 e. The Balaban J connectivity index is 1.75. The molecule has 0 bridgehead atoms. The fourth-order valence-electron chi connectivity index (χ4n) is 3.50. The molecule has 1 aliphatic heterocycles. The van der Waals surface area contributed by atoms with Crippen LogP contribution in [-0.2, 0) is 4.74 Å². The highest BCUT2D eigenvalue weighted by atomic mass is 16.5. The van der Waals surface area contributed by atoms with E-state index in [4.69, 9.17) is 10.5 Å². The minimum atomic E-state index is 0.374. The van der Waals surface area contributed by atoms with E-state index in [1.165, 1.54) is 44.9 Å². The highest BCUT2D eigenvalue weighted by Crippen LogP contribution is 2.33. The SMILES string of the molecule is CC1OCCC1CNCC1(CN)CCCCCC1. The van der Waals surface area contributed by atoms with Crippen LogP contribution in [-0.4, -0.2) is 32.3 Å². The van der Waals surface area contributed by atoms with E-state index >= 15 is 0 Å². The van der Waals surface area contributed by atoms with Crippen LogP contribution in [0.3, 0.4) is 0 Å². The molecule has 0 aromatic carbocycles. The number of hydrogen-bond donors (Lipinski definition) is 2. The average molecular weight is 254 g/mol. The summed E-state index contributed by atoms with van der Waals surface area (Å²) in [5, 5.41) is 3.69. The molecule has 1 saturated heterocycles. The van der Waals surface area contributed by atoms with Crippen LogP contribution in [0.4, 0.5) is 0 Å². The third kappa shape index (κ3) is 3.69. The summed E-state index contributed by atoms with van der Waals surface area (Å²) in [5.41, 5.74) is 6.44. The van der Waals surface area contributed by atoms with Gasteiger partial charge in [0.25, 0.3) is 0 Å². The standard InChI is InChI=1S/C15H30N2O/c1-13-14(6-9-18-13)10-17-12-15(11-16)7-4-2-3-5-8-15/h13-14,17H,2-12,16H2,1H3. The molecule has 2 fully saturated rings. The zero-order valence-corrected chi connectivity index (χ0v) is 11.9. The average Bonchev–Trinajstić information content (AvgIpc) is 2.66. The molecule has 1 heterocycles. The van der Waals surface area contributed by atoms with E-state index in [0.29, 0.717) is 17.4 Å². The Hall–Kier alpha value is -0.120. The quantitative estimate of drug-likeness (QED) is 0.740. The lowest BCUT2D eigenvalue weighted by atomic mass is 9.80. The van der Waals surface area contributed by atoms with Gasteiger partial charge >= 0.3 is 0 Å². The van der Waals surface area contributed by atoms with Gasteiger partial charge in [-0.1, -0.05) is 25.7 Å². The van der Waals surface area contributed by atoms with Crippen molar-refractivity contribution in [3.63, 3.8) is 0 Å². The molecule has 1 saturated carbocycles. The Bertz CT molecular complexity index is 237. The molecule has 0 spiro atoms. The highest BCUT2D eigenvalue weighted by molar-refractivity contribution is 4.85. The predicted octanol–water partition coefficient (Wildman–Crippen LogP) is 2.30. The van der Waals surface area contributed by atoms with E-state index < -0.39 is 0 Å². The molecule has 0 aromatic rings. The Kier molecular flexibility index (Phi) is 5.46. The second kappa shape index (κ2) is 6.88. The zero-order chi connectivity index (χ0) is 12.8. The summed E-state index contributed by atoms with van der Waals surface area (Å²) in [5.74, 6) is 0.700. The Morgan fingerprint density at radius 2 is 1.94 bits per heavy atom. The molecule has 2 aliphatic rings. The summed E-state index contributed by atoms with van der Waals surface area (Å²) in [6.45, 7) is 6.19. The largest absolute Gasteiger partial charge is 0.378 e. The van der Waals surface area contributed by atoms with E-state index in [1.807, 2.05) is 0 Å². The summed E-state index contributed by atoms with van der Waals surface area (Å²) in [6, 6.07) is 0. The Morgan fingerprint density at radius 3 is 2.50 bits per heavy atom. The molecular weight excluding hydrogens is 224 g/mol. The molecule has 1 aliphatic carbocycles. The van der Waals surface area contributed by atoms with E-state index in [9.17, 15) is 0 Å². The third-order valence-corrected chi connectivity index (χ3v) is 5.04. The van der Waals surface area contributed by atoms with Gasteiger partial charge in [0, 0.05) is 19.7 Å². The first-order valence-corrected chi connectivity index (χ1v) is 7.78. The molecule has 106 valence electrons. The van der Waals surface area contributed by atoms with Crippen molar-refractivity contribution in [2.75, 3.05) is 26.2 Å². The molecule has 0 radical (unpaired) electrons. The Morgan fingerprint density at radius 1 is 1.22 bits per heavy atom. The summed E-state index contributed by atoms with van der Waals surface area (Å²) in [7, 11) is 0. The minimum absolute atomic E-state index is 0.374. The van der Waals surface area contributed by atoms with Gasteiger partial charge in [0.15, 0.2) is 0 Å². The number of rotatable bonds is 5. The van der Waals surface area contributed by atoms with Crippen molar-refractivity contribution in [1.29, 1.82) is 0 Å². The van der Waals surface area contributed by atoms with Crippen LogP contribution < -0.4 is 11.1 Å². The predicted molar refractivity (Wildman–Crippen MR) is 75.6 cm³/mol. The van der Waals surface area contributed by atoms with Crippen molar-refractivity contribution in [2.45, 2.75) is 58.0 Å². The van der Waals surface area contributed by atoms with Crippen LogP contribution in [0.5, 0.6) is 0 Å². The molecule has 0 amide bonds. The van der Waals surface area contributed by atoms with Gasteiger partial charge in [0.1, 0.15) is 0 Å². The topological polar surface area (TPSA) is 47.3 Å². The normalized spacial score (nSPS) is 32.3. The van der Waals surface area contributed by atoms with Gasteiger partial charge in [-0.25, -0.2) is 0 Å². The van der Waals surface area contributed by atoms with Crippen LogP contribution >= 0.6 is 0 Å². The lowest BCUT2D eigenvalue weighted by molar-refractivity contribution is 0.104. The first kappa shape index (κ1) is 14.3. The molecule has 18 heavy (non-hydrogen) atoms. The van der Waals surface area contributed by atoms with Crippen LogP contribution in [0.1, 0.15) is 51.9 Å². The van der Waals surface area contributed by atoms with Crippen LogP contribution in [0.15, 0.2) is 0 Å². The van der Waals surface area contributed by atoms with Crippen molar-refractivity contribution >= 4 is 0 Å². The molecule has 2 rings (SSSR count). The fraction of sp³-hybridized carbons (Fsp3) is 1.00. The minimum Gasteiger partial charge on any atom is -0.378 e. The lowest BCUT2D eigenvalue weighted by Crippen LogP contribution is -2.42. The van der Waals surface area contributed by atoms with Gasteiger partial charge in [0.2, 0.25) is 0 Å². The molecule has 3 N–H and O–H groups in total. The number of nitrogens with one attached hydrogen (secondary N) is 1. The number of ether oxygens (including phenoxy) is 1. The van der Waals surface area contributed by atoms with Gasteiger partial charge in [0.05, 0.1) is 6.10 Å². The van der Waals surface area contributed by atoms with Gasteiger partial charge in [-0.15, -0.1) is 0 Å². The van der Waals surface area contributed by atoms with E-state index in [-0.39, 0.29) is 0 Å². The summed E-state index contributed by atoms with van der Waals surface area (Å²) < 4.78 is 5.61. The van der Waals surface area contributed by atoms with Crippen LogP contribution in [0, 0.1) is 11.3 Å². The fourth-order valence-corrected chi connectivity index (χ4v) is 3.50. The molecule has 3 nitrogen and oxygen atoms in total. The maximum atomic E-state index is 6.06. The molecular formula is C15H30N2O. The van der Waals surface area contributed by atoms with Crippen molar-refractivity contribution in [1.82, 2.24) is 5.32 Å². The lowest BCUT2D eigenvalue weighted by Gasteiger charge is -2.32. The summed E-state index contributed by atoms with van der Waals surface area (Å²) >= 11 is 0. The van der Waals surface area contributed by atoms with Gasteiger partial charge in [-0.05, 0) is 44.1 Å². The molecule has 3 heteroatoms. The summed E-state index contributed by atoms with van der Waals surface area (Å²) in [4.78, 5) is 0. The maximum Gasteiger partial charge on any atom is 0.0588 e.